The molecule has 1 atom stereocenters. The number of morpholine rings is 1. The van der Waals surface area contributed by atoms with Crippen molar-refractivity contribution in [3.8, 4) is 5.75 Å². The Hall–Kier alpha value is -3.88. The number of benzene rings is 2. The highest BCUT2D eigenvalue weighted by Gasteiger charge is 2.44. The van der Waals surface area contributed by atoms with Crippen LogP contribution < -0.4 is 4.74 Å². The molecule has 3 heterocycles. The normalized spacial score (nSPS) is 18.5. The molecule has 0 radical (unpaired) electrons. The van der Waals surface area contributed by atoms with Crippen LogP contribution >= 0.6 is 0 Å². The maximum atomic E-state index is 13.4. The molecule has 37 heavy (non-hydrogen) atoms. The molecular weight excluding hydrogens is 472 g/mol. The summed E-state index contributed by atoms with van der Waals surface area (Å²) in [4.78, 5) is 30.4. The van der Waals surface area contributed by atoms with Crippen LogP contribution in [0.4, 0.5) is 0 Å². The zero-order chi connectivity index (χ0) is 25.8. The number of hydrogen-bond donors (Lipinski definition) is 1. The molecule has 1 aromatic heterocycles. The lowest BCUT2D eigenvalue weighted by molar-refractivity contribution is -0.129. The number of carbonyl (C=O) groups is 2. The summed E-state index contributed by atoms with van der Waals surface area (Å²) in [6.07, 6.45) is 0. The van der Waals surface area contributed by atoms with Crippen LogP contribution in [0.3, 0.4) is 0 Å². The van der Waals surface area contributed by atoms with E-state index >= 15 is 0 Å². The van der Waals surface area contributed by atoms with Gasteiger partial charge in [-0.2, -0.15) is 0 Å². The fraction of sp³-hybridized carbons (Fsp3) is 0.310. The lowest BCUT2D eigenvalue weighted by Gasteiger charge is -2.31. The van der Waals surface area contributed by atoms with Crippen molar-refractivity contribution in [1.29, 1.82) is 0 Å². The third-order valence-corrected chi connectivity index (χ3v) is 6.72. The standard InChI is InChI=1S/C29H30N2O6/c1-20-7-12-24(37-20)27(32)25-26(31(29(34)28(25)33)14-13-30-15-17-35-18-16-30)22-8-10-23(11-9-22)36-19-21-5-3-2-4-6-21/h2-12,26,33H,13-19H2,1H3/t26-/m1/s1. The zero-order valence-electron chi connectivity index (χ0n) is 20.8. The van der Waals surface area contributed by atoms with Crippen molar-refractivity contribution in [3.05, 3.63) is 101 Å². The van der Waals surface area contributed by atoms with Gasteiger partial charge in [0.25, 0.3) is 5.91 Å². The van der Waals surface area contributed by atoms with Crippen LogP contribution in [0.2, 0.25) is 0 Å². The van der Waals surface area contributed by atoms with Crippen LogP contribution in [0.5, 0.6) is 5.75 Å². The van der Waals surface area contributed by atoms with Crippen LogP contribution in [0.15, 0.2) is 82.5 Å². The lowest BCUT2D eigenvalue weighted by atomic mass is 9.95. The van der Waals surface area contributed by atoms with E-state index in [0.717, 1.165) is 18.7 Å². The number of aryl methyl sites for hydroxylation is 1. The molecule has 192 valence electrons. The molecule has 1 fully saturated rings. The predicted octanol–water partition coefficient (Wildman–Crippen LogP) is 4.08. The van der Waals surface area contributed by atoms with Crippen molar-refractivity contribution in [3.63, 3.8) is 0 Å². The zero-order valence-corrected chi connectivity index (χ0v) is 20.8. The van der Waals surface area contributed by atoms with Crippen LogP contribution in [0.1, 0.15) is 33.5 Å². The highest BCUT2D eigenvalue weighted by atomic mass is 16.5. The molecular formula is C29H30N2O6. The molecule has 1 amide bonds. The Morgan fingerprint density at radius 1 is 1.00 bits per heavy atom. The largest absolute Gasteiger partial charge is 0.503 e. The number of furan rings is 1. The fourth-order valence-electron chi connectivity index (χ4n) is 4.71. The van der Waals surface area contributed by atoms with E-state index in [4.69, 9.17) is 13.9 Å². The molecule has 2 aliphatic rings. The van der Waals surface area contributed by atoms with Gasteiger partial charge in [-0.05, 0) is 42.3 Å². The van der Waals surface area contributed by atoms with E-state index in [1.165, 1.54) is 0 Å². The van der Waals surface area contributed by atoms with Gasteiger partial charge in [0.1, 0.15) is 18.1 Å². The van der Waals surface area contributed by atoms with Gasteiger partial charge in [0.15, 0.2) is 11.5 Å². The van der Waals surface area contributed by atoms with Crippen molar-refractivity contribution in [2.75, 3.05) is 39.4 Å². The molecule has 8 nitrogen and oxygen atoms in total. The number of hydrogen-bond acceptors (Lipinski definition) is 7. The summed E-state index contributed by atoms with van der Waals surface area (Å²) in [5, 5.41) is 10.9. The molecule has 5 rings (SSSR count). The minimum atomic E-state index is -0.741. The molecule has 3 aromatic rings. The number of ether oxygens (including phenoxy) is 2. The van der Waals surface area contributed by atoms with E-state index in [1.807, 2.05) is 54.6 Å². The van der Waals surface area contributed by atoms with Crippen LogP contribution in [-0.2, 0) is 16.1 Å². The molecule has 0 bridgehead atoms. The molecule has 0 spiro atoms. The van der Waals surface area contributed by atoms with Gasteiger partial charge >= 0.3 is 0 Å². The van der Waals surface area contributed by atoms with Gasteiger partial charge < -0.3 is 23.9 Å². The maximum absolute atomic E-state index is 13.4. The third kappa shape index (κ3) is 5.45. The van der Waals surface area contributed by atoms with Crippen molar-refractivity contribution in [2.45, 2.75) is 19.6 Å². The Balaban J connectivity index is 1.40. The average molecular weight is 503 g/mol. The van der Waals surface area contributed by atoms with Gasteiger partial charge in [0.05, 0.1) is 24.8 Å². The first-order valence-corrected chi connectivity index (χ1v) is 12.4. The number of aliphatic hydroxyl groups is 1. The number of amides is 1. The number of carbonyl (C=O) groups excluding carboxylic acids is 2. The first-order valence-electron chi connectivity index (χ1n) is 12.4. The maximum Gasteiger partial charge on any atom is 0.290 e. The SMILES string of the molecule is Cc1ccc(C(=O)C2=C(O)C(=O)N(CCN3CCOCC3)[C@@H]2c2ccc(OCc3ccccc3)cc2)o1. The highest BCUT2D eigenvalue weighted by Crippen LogP contribution is 2.39. The number of rotatable bonds is 9. The van der Waals surface area contributed by atoms with Crippen LogP contribution in [0.25, 0.3) is 0 Å². The van der Waals surface area contributed by atoms with Gasteiger partial charge in [-0.1, -0.05) is 42.5 Å². The van der Waals surface area contributed by atoms with Crippen LogP contribution in [0, 0.1) is 6.92 Å². The number of aliphatic hydroxyl groups excluding tert-OH is 1. The van der Waals surface area contributed by atoms with Gasteiger partial charge in [-0.25, -0.2) is 0 Å². The Morgan fingerprint density at radius 2 is 1.73 bits per heavy atom. The van der Waals surface area contributed by atoms with Gasteiger partial charge in [-0.3, -0.25) is 14.5 Å². The fourth-order valence-corrected chi connectivity index (χ4v) is 4.71. The smallest absolute Gasteiger partial charge is 0.290 e. The highest BCUT2D eigenvalue weighted by molar-refractivity contribution is 6.15. The monoisotopic (exact) mass is 502 g/mol. The molecule has 8 heteroatoms. The lowest BCUT2D eigenvalue weighted by Crippen LogP contribution is -2.43. The second-order valence-corrected chi connectivity index (χ2v) is 9.20. The summed E-state index contributed by atoms with van der Waals surface area (Å²) in [5.41, 5.74) is 1.79. The Kier molecular flexibility index (Phi) is 7.39. The van der Waals surface area contributed by atoms with Crippen molar-refractivity contribution >= 4 is 11.7 Å². The van der Waals surface area contributed by atoms with E-state index in [9.17, 15) is 14.7 Å². The number of Topliss-reactive ketones (excluding diaryl/α,β-unsaturated/α-hetero) is 1. The Morgan fingerprint density at radius 3 is 2.41 bits per heavy atom. The minimum Gasteiger partial charge on any atom is -0.503 e. The minimum absolute atomic E-state index is 0.0271. The van der Waals surface area contributed by atoms with Crippen LogP contribution in [-0.4, -0.2) is 66.0 Å². The Labute approximate surface area is 215 Å². The van der Waals surface area contributed by atoms with Gasteiger partial charge in [0, 0.05) is 26.2 Å². The summed E-state index contributed by atoms with van der Waals surface area (Å²) >= 11 is 0. The summed E-state index contributed by atoms with van der Waals surface area (Å²) in [5.74, 6) is -0.255. The molecule has 0 aliphatic carbocycles. The topological polar surface area (TPSA) is 92.5 Å². The van der Waals surface area contributed by atoms with Crippen molar-refractivity contribution < 1.29 is 28.6 Å². The van der Waals surface area contributed by atoms with E-state index in [0.29, 0.717) is 50.0 Å². The van der Waals surface area contributed by atoms with E-state index in [-0.39, 0.29) is 11.3 Å². The number of nitrogens with zero attached hydrogens (tertiary/aromatic N) is 2. The molecule has 0 unspecified atom stereocenters. The second-order valence-electron chi connectivity index (χ2n) is 9.20. The number of ketones is 1. The van der Waals surface area contributed by atoms with E-state index in [1.54, 1.807) is 24.0 Å². The predicted molar refractivity (Wildman–Crippen MR) is 136 cm³/mol. The third-order valence-electron chi connectivity index (χ3n) is 6.72. The molecule has 0 saturated carbocycles. The second kappa shape index (κ2) is 11.0. The molecule has 1 N–H and O–H groups in total. The van der Waals surface area contributed by atoms with E-state index in [2.05, 4.69) is 4.90 Å². The molecule has 2 aromatic carbocycles. The van der Waals surface area contributed by atoms with E-state index < -0.39 is 23.5 Å². The van der Waals surface area contributed by atoms with Gasteiger partial charge in [0.2, 0.25) is 5.78 Å². The van der Waals surface area contributed by atoms with Crippen molar-refractivity contribution in [2.24, 2.45) is 0 Å². The van der Waals surface area contributed by atoms with Gasteiger partial charge in [-0.15, -0.1) is 0 Å². The average Bonchev–Trinajstić information content (AvgIpc) is 3.48. The first-order chi connectivity index (χ1) is 18.0. The molecule has 2 aliphatic heterocycles. The summed E-state index contributed by atoms with van der Waals surface area (Å²) in [6, 6.07) is 19.7. The molecule has 1 saturated heterocycles. The quantitative estimate of drug-likeness (QED) is 0.441. The summed E-state index contributed by atoms with van der Waals surface area (Å²) in [6.45, 7) is 5.97. The summed E-state index contributed by atoms with van der Waals surface area (Å²) in [7, 11) is 0. The first kappa shape index (κ1) is 24.8. The summed E-state index contributed by atoms with van der Waals surface area (Å²) < 4.78 is 16.9. The van der Waals surface area contributed by atoms with Crippen molar-refractivity contribution in [1.82, 2.24) is 9.80 Å². The Bertz CT molecular complexity index is 1280.